The molecular formula is C17H18FN3O3. The number of nitrogens with zero attached hydrogens (tertiary/aromatic N) is 2. The number of rotatable bonds is 4. The second-order valence-electron chi connectivity index (χ2n) is 5.80. The maximum atomic E-state index is 13.7. The van der Waals surface area contributed by atoms with Gasteiger partial charge in [0.2, 0.25) is 5.76 Å². The van der Waals surface area contributed by atoms with Crippen molar-refractivity contribution in [1.29, 1.82) is 0 Å². The van der Waals surface area contributed by atoms with Crippen LogP contribution >= 0.6 is 0 Å². The van der Waals surface area contributed by atoms with Crippen LogP contribution in [-0.4, -0.2) is 41.5 Å². The van der Waals surface area contributed by atoms with Crippen molar-refractivity contribution in [2.75, 3.05) is 19.6 Å². The van der Waals surface area contributed by atoms with E-state index in [9.17, 15) is 14.0 Å². The van der Waals surface area contributed by atoms with Gasteiger partial charge in [-0.15, -0.1) is 0 Å². The van der Waals surface area contributed by atoms with Gasteiger partial charge in [-0.3, -0.25) is 9.59 Å². The molecule has 1 fully saturated rings. The molecule has 3 rings (SSSR count). The standard InChI is InChI=1S/C17H18FN3O3/c18-14-4-2-1-3-13(14)17(23)21-9-6-12(7-10-21)11-19-16(22)15-5-8-20-24-15/h1-5,8,12H,6-7,9-11H2,(H,19,22). The number of halogens is 1. The smallest absolute Gasteiger partial charge is 0.289 e. The van der Waals surface area contributed by atoms with Crippen LogP contribution in [0, 0.1) is 11.7 Å². The van der Waals surface area contributed by atoms with Crippen LogP contribution < -0.4 is 5.32 Å². The third kappa shape index (κ3) is 3.61. The molecule has 1 aliphatic rings. The zero-order valence-electron chi connectivity index (χ0n) is 13.1. The van der Waals surface area contributed by atoms with E-state index in [0.29, 0.717) is 19.6 Å². The number of amides is 2. The van der Waals surface area contributed by atoms with Crippen LogP contribution in [0.15, 0.2) is 41.1 Å². The number of hydrogen-bond donors (Lipinski definition) is 1. The fourth-order valence-electron chi connectivity index (χ4n) is 2.80. The van der Waals surface area contributed by atoms with Gasteiger partial charge in [0.15, 0.2) is 0 Å². The lowest BCUT2D eigenvalue weighted by molar-refractivity contribution is 0.0678. The van der Waals surface area contributed by atoms with Gasteiger partial charge in [-0.1, -0.05) is 17.3 Å². The normalized spacial score (nSPS) is 15.3. The lowest BCUT2D eigenvalue weighted by Gasteiger charge is -2.32. The summed E-state index contributed by atoms with van der Waals surface area (Å²) in [6.07, 6.45) is 2.94. The topological polar surface area (TPSA) is 75.4 Å². The summed E-state index contributed by atoms with van der Waals surface area (Å²) in [5, 5.41) is 6.30. The Morgan fingerprint density at radius 2 is 2.00 bits per heavy atom. The summed E-state index contributed by atoms with van der Waals surface area (Å²) in [5.41, 5.74) is 0.106. The fourth-order valence-corrected chi connectivity index (χ4v) is 2.80. The highest BCUT2D eigenvalue weighted by molar-refractivity contribution is 5.94. The lowest BCUT2D eigenvalue weighted by atomic mass is 9.96. The van der Waals surface area contributed by atoms with Gasteiger partial charge in [-0.25, -0.2) is 4.39 Å². The van der Waals surface area contributed by atoms with Crippen molar-refractivity contribution in [2.24, 2.45) is 5.92 Å². The molecule has 0 bridgehead atoms. The number of carbonyl (C=O) groups is 2. The molecule has 2 heterocycles. The summed E-state index contributed by atoms with van der Waals surface area (Å²) >= 11 is 0. The predicted molar refractivity (Wildman–Crippen MR) is 83.9 cm³/mol. The Balaban J connectivity index is 1.48. The highest BCUT2D eigenvalue weighted by atomic mass is 19.1. The molecule has 1 N–H and O–H groups in total. The Labute approximate surface area is 138 Å². The van der Waals surface area contributed by atoms with Gasteiger partial charge in [-0.05, 0) is 30.9 Å². The number of nitrogens with one attached hydrogen (secondary N) is 1. The Bertz CT molecular complexity index is 710. The Hall–Kier alpha value is -2.70. The second-order valence-corrected chi connectivity index (χ2v) is 5.80. The zero-order valence-corrected chi connectivity index (χ0v) is 13.1. The molecule has 1 aromatic carbocycles. The van der Waals surface area contributed by atoms with Gasteiger partial charge in [-0.2, -0.15) is 0 Å². The van der Waals surface area contributed by atoms with Crippen LogP contribution in [0.1, 0.15) is 33.8 Å². The second kappa shape index (κ2) is 7.25. The molecular weight excluding hydrogens is 313 g/mol. The van der Waals surface area contributed by atoms with E-state index in [4.69, 9.17) is 4.52 Å². The molecule has 1 saturated heterocycles. The van der Waals surface area contributed by atoms with Crippen LogP contribution in [0.5, 0.6) is 0 Å². The van der Waals surface area contributed by atoms with E-state index in [2.05, 4.69) is 10.5 Å². The molecule has 1 aromatic heterocycles. The summed E-state index contributed by atoms with van der Waals surface area (Å²) in [5.74, 6) is -0.609. The first-order valence-electron chi connectivity index (χ1n) is 7.88. The van der Waals surface area contributed by atoms with Crippen LogP contribution in [0.3, 0.4) is 0 Å². The van der Waals surface area contributed by atoms with Crippen molar-refractivity contribution in [3.8, 4) is 0 Å². The Morgan fingerprint density at radius 1 is 1.25 bits per heavy atom. The molecule has 6 nitrogen and oxygen atoms in total. The van der Waals surface area contributed by atoms with Crippen molar-refractivity contribution in [2.45, 2.75) is 12.8 Å². The lowest BCUT2D eigenvalue weighted by Crippen LogP contribution is -2.41. The van der Waals surface area contributed by atoms with E-state index in [1.807, 2.05) is 0 Å². The molecule has 2 aromatic rings. The number of piperidine rings is 1. The van der Waals surface area contributed by atoms with Crippen molar-refractivity contribution in [3.63, 3.8) is 0 Å². The van der Waals surface area contributed by atoms with Crippen LogP contribution in [-0.2, 0) is 0 Å². The molecule has 0 atom stereocenters. The van der Waals surface area contributed by atoms with Gasteiger partial charge in [0.25, 0.3) is 11.8 Å². The molecule has 0 saturated carbocycles. The molecule has 0 radical (unpaired) electrons. The largest absolute Gasteiger partial charge is 0.351 e. The highest BCUT2D eigenvalue weighted by Crippen LogP contribution is 2.19. The highest BCUT2D eigenvalue weighted by Gasteiger charge is 2.25. The summed E-state index contributed by atoms with van der Waals surface area (Å²) in [7, 11) is 0. The van der Waals surface area contributed by atoms with Crippen LogP contribution in [0.4, 0.5) is 4.39 Å². The first-order chi connectivity index (χ1) is 11.6. The van der Waals surface area contributed by atoms with Crippen molar-refractivity contribution >= 4 is 11.8 Å². The van der Waals surface area contributed by atoms with Crippen molar-refractivity contribution in [1.82, 2.24) is 15.4 Å². The zero-order chi connectivity index (χ0) is 16.9. The SMILES string of the molecule is O=C(NCC1CCN(C(=O)c2ccccc2F)CC1)c1ccno1. The minimum absolute atomic E-state index is 0.106. The van der Waals surface area contributed by atoms with Crippen molar-refractivity contribution < 1.29 is 18.5 Å². The van der Waals surface area contributed by atoms with E-state index in [0.717, 1.165) is 12.8 Å². The average molecular weight is 331 g/mol. The molecule has 0 unspecified atom stereocenters. The monoisotopic (exact) mass is 331 g/mol. The Kier molecular flexibility index (Phi) is 4.88. The quantitative estimate of drug-likeness (QED) is 0.931. The minimum Gasteiger partial charge on any atom is -0.351 e. The summed E-state index contributed by atoms with van der Waals surface area (Å²) in [6.45, 7) is 1.62. The summed E-state index contributed by atoms with van der Waals surface area (Å²) in [6, 6.07) is 7.52. The molecule has 0 aliphatic carbocycles. The molecule has 0 spiro atoms. The number of hydrogen-bond acceptors (Lipinski definition) is 4. The van der Waals surface area contributed by atoms with E-state index in [-0.39, 0.29) is 29.1 Å². The number of likely N-dealkylation sites (tertiary alicyclic amines) is 1. The molecule has 1 aliphatic heterocycles. The third-order valence-electron chi connectivity index (χ3n) is 4.22. The van der Waals surface area contributed by atoms with Gasteiger partial charge in [0, 0.05) is 25.7 Å². The molecule has 126 valence electrons. The van der Waals surface area contributed by atoms with Crippen LogP contribution in [0.2, 0.25) is 0 Å². The van der Waals surface area contributed by atoms with E-state index in [1.54, 1.807) is 17.0 Å². The Morgan fingerprint density at radius 3 is 2.67 bits per heavy atom. The fraction of sp³-hybridized carbons (Fsp3) is 0.353. The van der Waals surface area contributed by atoms with E-state index < -0.39 is 5.82 Å². The molecule has 7 heteroatoms. The summed E-state index contributed by atoms with van der Waals surface area (Å²) < 4.78 is 18.5. The van der Waals surface area contributed by atoms with E-state index in [1.165, 1.54) is 24.4 Å². The van der Waals surface area contributed by atoms with Gasteiger partial charge >= 0.3 is 0 Å². The average Bonchev–Trinajstić information content (AvgIpc) is 3.15. The number of carbonyl (C=O) groups excluding carboxylic acids is 2. The number of aromatic nitrogens is 1. The van der Waals surface area contributed by atoms with Gasteiger partial charge in [0.05, 0.1) is 11.8 Å². The van der Waals surface area contributed by atoms with Gasteiger partial charge < -0.3 is 14.7 Å². The molecule has 2 amide bonds. The maximum Gasteiger partial charge on any atom is 0.289 e. The van der Waals surface area contributed by atoms with E-state index >= 15 is 0 Å². The summed E-state index contributed by atoms with van der Waals surface area (Å²) in [4.78, 5) is 25.8. The predicted octanol–water partition coefficient (Wildman–Crippen LogP) is 2.10. The first-order valence-corrected chi connectivity index (χ1v) is 7.88. The third-order valence-corrected chi connectivity index (χ3v) is 4.22. The first kappa shape index (κ1) is 16.2. The molecule has 24 heavy (non-hydrogen) atoms. The number of benzene rings is 1. The van der Waals surface area contributed by atoms with Crippen LogP contribution in [0.25, 0.3) is 0 Å². The maximum absolute atomic E-state index is 13.7. The van der Waals surface area contributed by atoms with Crippen molar-refractivity contribution in [3.05, 3.63) is 53.7 Å². The van der Waals surface area contributed by atoms with Gasteiger partial charge in [0.1, 0.15) is 5.82 Å². The minimum atomic E-state index is -0.496.